The van der Waals surface area contributed by atoms with Crippen molar-refractivity contribution >= 4 is 45.6 Å². The highest BCUT2D eigenvalue weighted by molar-refractivity contribution is 8.01. The van der Waals surface area contributed by atoms with Crippen molar-refractivity contribution in [2.24, 2.45) is 0 Å². The molecule has 1 aromatic rings. The SMILES string of the molecule is N#Cc1c(NC(=O)CCl)sc2c1CCS2. The van der Waals surface area contributed by atoms with Gasteiger partial charge in [-0.25, -0.2) is 0 Å². The van der Waals surface area contributed by atoms with E-state index < -0.39 is 0 Å². The van der Waals surface area contributed by atoms with Crippen molar-refractivity contribution in [1.82, 2.24) is 0 Å². The fraction of sp³-hybridized carbons (Fsp3) is 0.333. The third-order valence-corrected chi connectivity index (χ3v) is 4.75. The highest BCUT2D eigenvalue weighted by atomic mass is 35.5. The van der Waals surface area contributed by atoms with E-state index in [0.717, 1.165) is 21.9 Å². The van der Waals surface area contributed by atoms with Gasteiger partial charge in [0.05, 0.1) is 9.77 Å². The van der Waals surface area contributed by atoms with Gasteiger partial charge in [0.1, 0.15) is 17.0 Å². The molecule has 0 saturated heterocycles. The van der Waals surface area contributed by atoms with Crippen LogP contribution in [0.4, 0.5) is 5.00 Å². The predicted octanol–water partition coefficient (Wildman–Crippen LogP) is 2.45. The normalized spacial score (nSPS) is 13.3. The Labute approximate surface area is 100 Å². The van der Waals surface area contributed by atoms with Gasteiger partial charge in [-0.05, 0) is 12.0 Å². The molecular weight excluding hydrogens is 252 g/mol. The lowest BCUT2D eigenvalue weighted by molar-refractivity contribution is -0.113. The molecule has 78 valence electrons. The third-order valence-electron chi connectivity index (χ3n) is 2.04. The van der Waals surface area contributed by atoms with Crippen molar-refractivity contribution in [1.29, 1.82) is 5.26 Å². The Balaban J connectivity index is 2.33. The van der Waals surface area contributed by atoms with Gasteiger partial charge in [0.15, 0.2) is 0 Å². The maximum absolute atomic E-state index is 11.1. The summed E-state index contributed by atoms with van der Waals surface area (Å²) in [5.41, 5.74) is 1.69. The number of nitrogens with one attached hydrogen (secondary N) is 1. The number of hydrogen-bond acceptors (Lipinski definition) is 4. The third kappa shape index (κ3) is 1.98. The number of rotatable bonds is 2. The van der Waals surface area contributed by atoms with Gasteiger partial charge in [-0.3, -0.25) is 4.79 Å². The smallest absolute Gasteiger partial charge is 0.239 e. The molecule has 2 rings (SSSR count). The van der Waals surface area contributed by atoms with Crippen LogP contribution in [0.25, 0.3) is 0 Å². The summed E-state index contributed by atoms with van der Waals surface area (Å²) in [6.45, 7) is 0. The summed E-state index contributed by atoms with van der Waals surface area (Å²) in [6.07, 6.45) is 0.913. The standard InChI is InChI=1S/C9H7ClN2OS2/c10-3-7(13)12-8-6(4-11)5-1-2-14-9(5)15-8/h1-3H2,(H,12,13). The number of hydrogen-bond donors (Lipinski definition) is 1. The van der Waals surface area contributed by atoms with Gasteiger partial charge in [-0.1, -0.05) is 0 Å². The van der Waals surface area contributed by atoms with Crippen LogP contribution < -0.4 is 5.32 Å². The lowest BCUT2D eigenvalue weighted by Crippen LogP contribution is -2.12. The van der Waals surface area contributed by atoms with Crippen LogP contribution >= 0.6 is 34.7 Å². The second-order valence-electron chi connectivity index (χ2n) is 2.96. The van der Waals surface area contributed by atoms with Crippen LogP contribution in [0.3, 0.4) is 0 Å². The lowest BCUT2D eigenvalue weighted by Gasteiger charge is -1.99. The van der Waals surface area contributed by atoms with E-state index in [-0.39, 0.29) is 11.8 Å². The summed E-state index contributed by atoms with van der Waals surface area (Å²) < 4.78 is 1.15. The highest BCUT2D eigenvalue weighted by Gasteiger charge is 2.23. The Morgan fingerprint density at radius 2 is 2.47 bits per heavy atom. The average molecular weight is 259 g/mol. The maximum Gasteiger partial charge on any atom is 0.239 e. The second kappa shape index (κ2) is 4.44. The van der Waals surface area contributed by atoms with E-state index in [9.17, 15) is 4.79 Å². The summed E-state index contributed by atoms with van der Waals surface area (Å²) in [7, 11) is 0. The Bertz CT molecular complexity index is 450. The molecular formula is C9H7ClN2OS2. The Hall–Kier alpha value is -0.700. The fourth-order valence-corrected chi connectivity index (χ4v) is 4.02. The Kier molecular flexibility index (Phi) is 3.19. The van der Waals surface area contributed by atoms with Crippen LogP contribution in [-0.4, -0.2) is 17.5 Å². The summed E-state index contributed by atoms with van der Waals surface area (Å²) >= 11 is 8.60. The molecule has 0 aliphatic carbocycles. The summed E-state index contributed by atoms with van der Waals surface area (Å²) in [4.78, 5) is 11.1. The number of anilines is 1. The van der Waals surface area contributed by atoms with Crippen LogP contribution in [0, 0.1) is 11.3 Å². The topological polar surface area (TPSA) is 52.9 Å². The first-order chi connectivity index (χ1) is 7.26. The second-order valence-corrected chi connectivity index (χ2v) is 5.62. The zero-order chi connectivity index (χ0) is 10.8. The van der Waals surface area contributed by atoms with Crippen LogP contribution in [0.15, 0.2) is 4.21 Å². The molecule has 0 atom stereocenters. The molecule has 0 saturated carbocycles. The molecule has 6 heteroatoms. The fourth-order valence-electron chi connectivity index (χ4n) is 1.40. The predicted molar refractivity (Wildman–Crippen MR) is 62.8 cm³/mol. The summed E-state index contributed by atoms with van der Waals surface area (Å²) in [5, 5.41) is 12.3. The molecule has 1 amide bonds. The number of thiophene rings is 1. The monoisotopic (exact) mass is 258 g/mol. The van der Waals surface area contributed by atoms with E-state index >= 15 is 0 Å². The van der Waals surface area contributed by atoms with Crippen LogP contribution in [0.5, 0.6) is 0 Å². The van der Waals surface area contributed by atoms with Gasteiger partial charge < -0.3 is 5.32 Å². The zero-order valence-corrected chi connectivity index (χ0v) is 10.1. The van der Waals surface area contributed by atoms with Crippen LogP contribution in [-0.2, 0) is 11.2 Å². The minimum atomic E-state index is -0.266. The number of thioether (sulfide) groups is 1. The minimum Gasteiger partial charge on any atom is -0.316 e. The van der Waals surface area contributed by atoms with Gasteiger partial charge >= 0.3 is 0 Å². The molecule has 0 aromatic carbocycles. The molecule has 15 heavy (non-hydrogen) atoms. The average Bonchev–Trinajstić information content (AvgIpc) is 2.77. The summed E-state index contributed by atoms with van der Waals surface area (Å²) in [5.74, 6) is 0.679. The molecule has 0 unspecified atom stereocenters. The Morgan fingerprint density at radius 1 is 1.67 bits per heavy atom. The number of nitriles is 1. The van der Waals surface area contributed by atoms with E-state index in [1.807, 2.05) is 0 Å². The van der Waals surface area contributed by atoms with E-state index in [1.54, 1.807) is 11.8 Å². The largest absolute Gasteiger partial charge is 0.316 e. The first kappa shape index (κ1) is 10.8. The molecule has 3 nitrogen and oxygen atoms in total. The molecule has 1 aliphatic heterocycles. The van der Waals surface area contributed by atoms with E-state index in [2.05, 4.69) is 11.4 Å². The highest BCUT2D eigenvalue weighted by Crippen LogP contribution is 2.44. The van der Waals surface area contributed by atoms with Gasteiger partial charge in [0, 0.05) is 5.75 Å². The number of carbonyl (C=O) groups is 1. The zero-order valence-electron chi connectivity index (χ0n) is 7.67. The van der Waals surface area contributed by atoms with Crippen LogP contribution in [0.2, 0.25) is 0 Å². The van der Waals surface area contributed by atoms with Crippen LogP contribution in [0.1, 0.15) is 11.1 Å². The quantitative estimate of drug-likeness (QED) is 0.829. The molecule has 0 fully saturated rings. The number of nitrogens with zero attached hydrogens (tertiary/aromatic N) is 1. The molecule has 0 bridgehead atoms. The van der Waals surface area contributed by atoms with E-state index in [0.29, 0.717) is 10.6 Å². The van der Waals surface area contributed by atoms with Crippen molar-refractivity contribution < 1.29 is 4.79 Å². The lowest BCUT2D eigenvalue weighted by atomic mass is 10.1. The van der Waals surface area contributed by atoms with Crippen molar-refractivity contribution in [2.75, 3.05) is 16.9 Å². The first-order valence-electron chi connectivity index (χ1n) is 4.30. The first-order valence-corrected chi connectivity index (χ1v) is 6.64. The molecule has 2 heterocycles. The van der Waals surface area contributed by atoms with Gasteiger partial charge in [-0.2, -0.15) is 5.26 Å². The van der Waals surface area contributed by atoms with E-state index in [4.69, 9.17) is 16.9 Å². The molecule has 1 aliphatic rings. The number of amides is 1. The van der Waals surface area contributed by atoms with Crippen molar-refractivity contribution in [3.63, 3.8) is 0 Å². The number of alkyl halides is 1. The van der Waals surface area contributed by atoms with Gasteiger partial charge in [0.25, 0.3) is 0 Å². The maximum atomic E-state index is 11.1. The van der Waals surface area contributed by atoms with Crippen molar-refractivity contribution in [3.8, 4) is 6.07 Å². The Morgan fingerprint density at radius 3 is 3.13 bits per heavy atom. The number of halogens is 1. The van der Waals surface area contributed by atoms with Crippen molar-refractivity contribution in [2.45, 2.75) is 10.6 Å². The van der Waals surface area contributed by atoms with Crippen molar-refractivity contribution in [3.05, 3.63) is 11.1 Å². The molecule has 1 aromatic heterocycles. The molecule has 1 N–H and O–H groups in total. The molecule has 0 radical (unpaired) electrons. The number of fused-ring (bicyclic) bond motifs is 1. The number of carbonyl (C=O) groups excluding carboxylic acids is 1. The van der Waals surface area contributed by atoms with Gasteiger partial charge in [0.2, 0.25) is 5.91 Å². The summed E-state index contributed by atoms with van der Waals surface area (Å²) in [6, 6.07) is 2.14. The molecule has 0 spiro atoms. The minimum absolute atomic E-state index is 0.0828. The van der Waals surface area contributed by atoms with E-state index in [1.165, 1.54) is 11.3 Å². The van der Waals surface area contributed by atoms with Gasteiger partial charge in [-0.15, -0.1) is 34.7 Å².